The Morgan fingerprint density at radius 1 is 1.38 bits per heavy atom. The second-order valence-electron chi connectivity index (χ2n) is 3.56. The number of rotatable bonds is 2. The van der Waals surface area contributed by atoms with Gasteiger partial charge in [-0.1, -0.05) is 6.07 Å². The Bertz CT molecular complexity index is 552. The summed E-state index contributed by atoms with van der Waals surface area (Å²) >= 11 is 1.58. The van der Waals surface area contributed by atoms with Crippen LogP contribution in [0.25, 0.3) is 0 Å². The summed E-state index contributed by atoms with van der Waals surface area (Å²) in [5, 5.41) is 13.0. The summed E-state index contributed by atoms with van der Waals surface area (Å²) in [4.78, 5) is 5.36. The predicted molar refractivity (Wildman–Crippen MR) is 66.0 cm³/mol. The van der Waals surface area contributed by atoms with Crippen LogP contribution in [-0.4, -0.2) is 4.98 Å². The molecule has 1 aromatic heterocycles. The Kier molecular flexibility index (Phi) is 2.88. The third kappa shape index (κ3) is 2.20. The monoisotopic (exact) mass is 229 g/mol. The molecule has 0 saturated heterocycles. The van der Waals surface area contributed by atoms with Crippen molar-refractivity contribution in [1.29, 1.82) is 5.26 Å². The van der Waals surface area contributed by atoms with Gasteiger partial charge in [0.15, 0.2) is 5.13 Å². The third-order valence-corrected chi connectivity index (χ3v) is 2.99. The molecule has 2 aromatic rings. The lowest BCUT2D eigenvalue weighted by Crippen LogP contribution is -1.93. The van der Waals surface area contributed by atoms with E-state index in [0.717, 1.165) is 21.3 Å². The SMILES string of the molecule is Cc1ccc(C#N)c(Nc2ncc(C)s2)c1. The Balaban J connectivity index is 2.34. The Labute approximate surface area is 98.4 Å². The highest BCUT2D eigenvalue weighted by molar-refractivity contribution is 7.15. The molecule has 80 valence electrons. The first-order chi connectivity index (χ1) is 7.69. The van der Waals surface area contributed by atoms with Crippen molar-refractivity contribution in [3.63, 3.8) is 0 Å². The van der Waals surface area contributed by atoms with E-state index in [4.69, 9.17) is 5.26 Å². The fourth-order valence-corrected chi connectivity index (χ4v) is 2.06. The highest BCUT2D eigenvalue weighted by atomic mass is 32.1. The number of aromatic nitrogens is 1. The molecule has 0 spiro atoms. The van der Waals surface area contributed by atoms with Gasteiger partial charge in [-0.25, -0.2) is 4.98 Å². The fraction of sp³-hybridized carbons (Fsp3) is 0.167. The van der Waals surface area contributed by atoms with E-state index in [1.165, 1.54) is 0 Å². The summed E-state index contributed by atoms with van der Waals surface area (Å²) in [6, 6.07) is 7.86. The van der Waals surface area contributed by atoms with Gasteiger partial charge in [-0.15, -0.1) is 11.3 Å². The first-order valence-electron chi connectivity index (χ1n) is 4.89. The molecule has 2 rings (SSSR count). The van der Waals surface area contributed by atoms with Gasteiger partial charge in [0.05, 0.1) is 11.3 Å². The van der Waals surface area contributed by atoms with Gasteiger partial charge in [0.25, 0.3) is 0 Å². The molecule has 0 bridgehead atoms. The van der Waals surface area contributed by atoms with Crippen molar-refractivity contribution in [3.8, 4) is 6.07 Å². The summed E-state index contributed by atoms with van der Waals surface area (Å²) in [6.07, 6.45) is 1.81. The fourth-order valence-electron chi connectivity index (χ4n) is 1.39. The van der Waals surface area contributed by atoms with Crippen LogP contribution in [0.4, 0.5) is 10.8 Å². The van der Waals surface area contributed by atoms with Crippen LogP contribution in [0.5, 0.6) is 0 Å². The molecule has 0 saturated carbocycles. The normalized spacial score (nSPS) is 9.81. The third-order valence-electron chi connectivity index (χ3n) is 2.16. The average molecular weight is 229 g/mol. The van der Waals surface area contributed by atoms with Gasteiger partial charge in [0.1, 0.15) is 6.07 Å². The summed E-state index contributed by atoms with van der Waals surface area (Å²) in [5.74, 6) is 0. The van der Waals surface area contributed by atoms with Gasteiger partial charge in [-0.05, 0) is 31.5 Å². The summed E-state index contributed by atoms with van der Waals surface area (Å²) in [7, 11) is 0. The standard InChI is InChI=1S/C12H11N3S/c1-8-3-4-10(6-13)11(5-8)15-12-14-7-9(2)16-12/h3-5,7H,1-2H3,(H,14,15). The molecule has 0 radical (unpaired) electrons. The summed E-state index contributed by atoms with van der Waals surface area (Å²) in [5.41, 5.74) is 2.57. The van der Waals surface area contributed by atoms with Crippen LogP contribution in [0.2, 0.25) is 0 Å². The van der Waals surface area contributed by atoms with E-state index in [-0.39, 0.29) is 0 Å². The van der Waals surface area contributed by atoms with Gasteiger partial charge < -0.3 is 5.32 Å². The number of benzene rings is 1. The number of nitrogens with one attached hydrogen (secondary N) is 1. The average Bonchev–Trinajstić information content (AvgIpc) is 2.64. The zero-order valence-corrected chi connectivity index (χ0v) is 9.93. The van der Waals surface area contributed by atoms with E-state index in [1.54, 1.807) is 11.3 Å². The molecular weight excluding hydrogens is 218 g/mol. The second kappa shape index (κ2) is 4.33. The molecule has 0 aliphatic rings. The minimum Gasteiger partial charge on any atom is -0.330 e. The van der Waals surface area contributed by atoms with Crippen molar-refractivity contribution in [1.82, 2.24) is 4.98 Å². The van der Waals surface area contributed by atoms with Crippen LogP contribution >= 0.6 is 11.3 Å². The van der Waals surface area contributed by atoms with Gasteiger partial charge in [-0.2, -0.15) is 5.26 Å². The molecule has 3 nitrogen and oxygen atoms in total. The van der Waals surface area contributed by atoms with Crippen LogP contribution in [0, 0.1) is 25.2 Å². The summed E-state index contributed by atoms with van der Waals surface area (Å²) in [6.45, 7) is 4.00. The molecule has 0 fully saturated rings. The Morgan fingerprint density at radius 2 is 2.19 bits per heavy atom. The molecule has 0 unspecified atom stereocenters. The lowest BCUT2D eigenvalue weighted by atomic mass is 10.1. The van der Waals surface area contributed by atoms with Crippen molar-refractivity contribution in [3.05, 3.63) is 40.4 Å². The smallest absolute Gasteiger partial charge is 0.187 e. The van der Waals surface area contributed by atoms with E-state index in [9.17, 15) is 0 Å². The molecular formula is C12H11N3S. The highest BCUT2D eigenvalue weighted by Gasteiger charge is 2.04. The maximum Gasteiger partial charge on any atom is 0.187 e. The number of thiazole rings is 1. The van der Waals surface area contributed by atoms with Crippen LogP contribution in [-0.2, 0) is 0 Å². The van der Waals surface area contributed by atoms with Gasteiger partial charge >= 0.3 is 0 Å². The molecule has 0 aliphatic carbocycles. The van der Waals surface area contributed by atoms with Gasteiger partial charge in [-0.3, -0.25) is 0 Å². The predicted octanol–water partition coefficient (Wildman–Crippen LogP) is 3.38. The van der Waals surface area contributed by atoms with Crippen molar-refractivity contribution < 1.29 is 0 Å². The van der Waals surface area contributed by atoms with E-state index in [2.05, 4.69) is 16.4 Å². The minimum absolute atomic E-state index is 0.637. The molecule has 0 aliphatic heterocycles. The number of hydrogen-bond acceptors (Lipinski definition) is 4. The largest absolute Gasteiger partial charge is 0.330 e. The van der Waals surface area contributed by atoms with Crippen LogP contribution < -0.4 is 5.32 Å². The van der Waals surface area contributed by atoms with Crippen molar-refractivity contribution in [2.75, 3.05) is 5.32 Å². The summed E-state index contributed by atoms with van der Waals surface area (Å²) < 4.78 is 0. The number of aryl methyl sites for hydroxylation is 2. The number of anilines is 2. The second-order valence-corrected chi connectivity index (χ2v) is 4.80. The van der Waals surface area contributed by atoms with Gasteiger partial charge in [0, 0.05) is 11.1 Å². The first-order valence-corrected chi connectivity index (χ1v) is 5.71. The maximum absolute atomic E-state index is 8.99. The molecule has 1 heterocycles. The van der Waals surface area contributed by atoms with E-state index in [0.29, 0.717) is 5.56 Å². The molecule has 1 aromatic carbocycles. The van der Waals surface area contributed by atoms with Crippen molar-refractivity contribution in [2.24, 2.45) is 0 Å². The molecule has 4 heteroatoms. The topological polar surface area (TPSA) is 48.7 Å². The number of nitrogens with zero attached hydrogens (tertiary/aromatic N) is 2. The Hall–Kier alpha value is -1.86. The molecule has 16 heavy (non-hydrogen) atoms. The van der Waals surface area contributed by atoms with E-state index in [1.807, 2.05) is 38.2 Å². The van der Waals surface area contributed by atoms with Crippen molar-refractivity contribution >= 4 is 22.2 Å². The Morgan fingerprint density at radius 3 is 2.81 bits per heavy atom. The van der Waals surface area contributed by atoms with Crippen molar-refractivity contribution in [2.45, 2.75) is 13.8 Å². The number of hydrogen-bond donors (Lipinski definition) is 1. The molecule has 1 N–H and O–H groups in total. The quantitative estimate of drug-likeness (QED) is 0.858. The lowest BCUT2D eigenvalue weighted by Gasteiger charge is -2.05. The van der Waals surface area contributed by atoms with Crippen LogP contribution in [0.3, 0.4) is 0 Å². The molecule has 0 atom stereocenters. The maximum atomic E-state index is 8.99. The highest BCUT2D eigenvalue weighted by Crippen LogP contribution is 2.24. The van der Waals surface area contributed by atoms with Crippen LogP contribution in [0.15, 0.2) is 24.4 Å². The minimum atomic E-state index is 0.637. The number of nitriles is 1. The zero-order chi connectivity index (χ0) is 11.5. The first kappa shape index (κ1) is 10.7. The molecule has 0 amide bonds. The van der Waals surface area contributed by atoms with Crippen LogP contribution in [0.1, 0.15) is 16.0 Å². The van der Waals surface area contributed by atoms with Gasteiger partial charge in [0.2, 0.25) is 0 Å². The van der Waals surface area contributed by atoms with E-state index < -0.39 is 0 Å². The lowest BCUT2D eigenvalue weighted by molar-refractivity contribution is 1.35. The van der Waals surface area contributed by atoms with E-state index >= 15 is 0 Å². The zero-order valence-electron chi connectivity index (χ0n) is 9.11.